The number of hydrogen-bond donors (Lipinski definition) is 1. The van der Waals surface area contributed by atoms with Gasteiger partial charge >= 0.3 is 5.97 Å². The van der Waals surface area contributed by atoms with Crippen molar-refractivity contribution in [3.05, 3.63) is 24.3 Å². The molecule has 0 aromatic carbocycles. The maximum Gasteiger partial charge on any atom is 0.328 e. The highest BCUT2D eigenvalue weighted by atomic mass is 16.5. The van der Waals surface area contributed by atoms with E-state index in [0.717, 1.165) is 6.08 Å². The summed E-state index contributed by atoms with van der Waals surface area (Å²) in [4.78, 5) is 10.1. The van der Waals surface area contributed by atoms with E-state index in [1.807, 2.05) is 0 Å². The van der Waals surface area contributed by atoms with E-state index in [1.165, 1.54) is 13.2 Å². The molecule has 0 spiro atoms. The third kappa shape index (κ3) is 3.86. The van der Waals surface area contributed by atoms with Gasteiger partial charge in [0.1, 0.15) is 0 Å². The quantitative estimate of drug-likeness (QED) is 0.467. The van der Waals surface area contributed by atoms with E-state index < -0.39 is 5.97 Å². The fourth-order valence-electron chi connectivity index (χ4n) is 0.485. The topological polar surface area (TPSA) is 46.5 Å². The molecule has 0 aliphatic heterocycles. The smallest absolute Gasteiger partial charge is 0.328 e. The van der Waals surface area contributed by atoms with Crippen molar-refractivity contribution in [1.82, 2.24) is 0 Å². The van der Waals surface area contributed by atoms with Crippen molar-refractivity contribution in [3.63, 3.8) is 0 Å². The van der Waals surface area contributed by atoms with Gasteiger partial charge in [-0.1, -0.05) is 12.7 Å². The monoisotopic (exact) mass is 142 g/mol. The SMILES string of the molecule is C=C/C(=C/C(=O)O)COC. The molecule has 0 saturated heterocycles. The van der Waals surface area contributed by atoms with Gasteiger partial charge in [-0.2, -0.15) is 0 Å². The first-order valence-corrected chi connectivity index (χ1v) is 2.75. The molecule has 3 heteroatoms. The molecule has 0 bridgehead atoms. The molecule has 0 atom stereocenters. The van der Waals surface area contributed by atoms with Crippen LogP contribution in [0.15, 0.2) is 24.3 Å². The van der Waals surface area contributed by atoms with Crippen molar-refractivity contribution in [2.24, 2.45) is 0 Å². The van der Waals surface area contributed by atoms with Crippen molar-refractivity contribution in [2.45, 2.75) is 0 Å². The number of carboxylic acids is 1. The number of carboxylic acid groups (broad SMARTS) is 1. The Bertz CT molecular complexity index is 158. The lowest BCUT2D eigenvalue weighted by atomic mass is 10.2. The Morgan fingerprint density at radius 1 is 1.80 bits per heavy atom. The van der Waals surface area contributed by atoms with Gasteiger partial charge in [0.05, 0.1) is 6.61 Å². The standard InChI is InChI=1S/C7H10O3/c1-3-6(5-10-2)4-7(8)9/h3-4H,1,5H2,2H3,(H,8,9)/b6-4-. The summed E-state index contributed by atoms with van der Waals surface area (Å²) in [6, 6.07) is 0. The lowest BCUT2D eigenvalue weighted by molar-refractivity contribution is -0.131. The van der Waals surface area contributed by atoms with Crippen LogP contribution in [0.25, 0.3) is 0 Å². The fourth-order valence-corrected chi connectivity index (χ4v) is 0.485. The molecular weight excluding hydrogens is 132 g/mol. The maximum atomic E-state index is 10.1. The van der Waals surface area contributed by atoms with Gasteiger partial charge in [-0.15, -0.1) is 0 Å². The molecule has 0 radical (unpaired) electrons. The van der Waals surface area contributed by atoms with Crippen LogP contribution in [0.1, 0.15) is 0 Å². The average Bonchev–Trinajstić information content (AvgIpc) is 1.86. The van der Waals surface area contributed by atoms with Crippen LogP contribution in [-0.4, -0.2) is 24.8 Å². The Labute approximate surface area is 59.6 Å². The van der Waals surface area contributed by atoms with Gasteiger partial charge in [0.25, 0.3) is 0 Å². The highest BCUT2D eigenvalue weighted by Gasteiger charge is 1.93. The van der Waals surface area contributed by atoms with Gasteiger partial charge in [0.2, 0.25) is 0 Å². The maximum absolute atomic E-state index is 10.1. The van der Waals surface area contributed by atoms with Crippen molar-refractivity contribution < 1.29 is 14.6 Å². The van der Waals surface area contributed by atoms with E-state index in [1.54, 1.807) is 0 Å². The summed E-state index contributed by atoms with van der Waals surface area (Å²) in [5.41, 5.74) is 0.565. The minimum Gasteiger partial charge on any atom is -0.478 e. The number of rotatable bonds is 4. The molecule has 0 aliphatic carbocycles. The van der Waals surface area contributed by atoms with Crippen LogP contribution in [0.5, 0.6) is 0 Å². The Hall–Kier alpha value is -1.09. The van der Waals surface area contributed by atoms with E-state index in [2.05, 4.69) is 6.58 Å². The Kier molecular flexibility index (Phi) is 4.24. The second kappa shape index (κ2) is 4.76. The minimum absolute atomic E-state index is 0.287. The summed E-state index contributed by atoms with van der Waals surface area (Å²) in [5.74, 6) is -0.980. The van der Waals surface area contributed by atoms with Crippen LogP contribution in [0.2, 0.25) is 0 Å². The predicted molar refractivity (Wildman–Crippen MR) is 37.8 cm³/mol. The second-order valence-electron chi connectivity index (χ2n) is 1.69. The number of aliphatic carboxylic acids is 1. The molecule has 0 fully saturated rings. The van der Waals surface area contributed by atoms with Crippen LogP contribution in [-0.2, 0) is 9.53 Å². The molecule has 0 rings (SSSR count). The third-order valence-corrected chi connectivity index (χ3v) is 0.882. The average molecular weight is 142 g/mol. The summed E-state index contributed by atoms with van der Waals surface area (Å²) in [6.45, 7) is 3.71. The zero-order valence-corrected chi connectivity index (χ0v) is 5.83. The molecule has 0 unspecified atom stereocenters. The predicted octanol–water partition coefficient (Wildman–Crippen LogP) is 0.830. The van der Waals surface area contributed by atoms with Crippen LogP contribution in [0.3, 0.4) is 0 Å². The van der Waals surface area contributed by atoms with Crippen molar-refractivity contribution in [3.8, 4) is 0 Å². The molecule has 0 aliphatic rings. The molecule has 10 heavy (non-hydrogen) atoms. The van der Waals surface area contributed by atoms with E-state index in [0.29, 0.717) is 5.57 Å². The van der Waals surface area contributed by atoms with Crippen molar-refractivity contribution >= 4 is 5.97 Å². The molecule has 0 aromatic heterocycles. The molecule has 0 heterocycles. The molecule has 0 aromatic rings. The van der Waals surface area contributed by atoms with Crippen LogP contribution in [0.4, 0.5) is 0 Å². The molecule has 1 N–H and O–H groups in total. The molecular formula is C7H10O3. The largest absolute Gasteiger partial charge is 0.478 e. The number of carbonyl (C=O) groups is 1. The van der Waals surface area contributed by atoms with Gasteiger partial charge < -0.3 is 9.84 Å². The van der Waals surface area contributed by atoms with Gasteiger partial charge in [-0.05, 0) is 5.57 Å². The van der Waals surface area contributed by atoms with Crippen LogP contribution in [0, 0.1) is 0 Å². The lowest BCUT2D eigenvalue weighted by Crippen LogP contribution is -1.96. The van der Waals surface area contributed by atoms with E-state index in [4.69, 9.17) is 9.84 Å². The summed E-state index contributed by atoms with van der Waals surface area (Å²) in [5, 5.41) is 8.26. The lowest BCUT2D eigenvalue weighted by Gasteiger charge is -1.95. The van der Waals surface area contributed by atoms with Gasteiger partial charge in [-0.3, -0.25) is 0 Å². The zero-order chi connectivity index (χ0) is 7.98. The molecule has 56 valence electrons. The molecule has 0 amide bonds. The molecule has 3 nitrogen and oxygen atoms in total. The zero-order valence-electron chi connectivity index (χ0n) is 5.83. The number of methoxy groups -OCH3 is 1. The number of ether oxygens (including phenoxy) is 1. The first-order valence-electron chi connectivity index (χ1n) is 2.75. The normalized spacial score (nSPS) is 11.1. The minimum atomic E-state index is -0.980. The Balaban J connectivity index is 4.03. The van der Waals surface area contributed by atoms with Gasteiger partial charge in [-0.25, -0.2) is 4.79 Å². The fraction of sp³-hybridized carbons (Fsp3) is 0.286. The van der Waals surface area contributed by atoms with Crippen LogP contribution >= 0.6 is 0 Å². The first-order chi connectivity index (χ1) is 4.70. The summed E-state index contributed by atoms with van der Waals surface area (Å²) in [6.07, 6.45) is 2.52. The Morgan fingerprint density at radius 3 is 2.70 bits per heavy atom. The Morgan fingerprint density at radius 2 is 2.40 bits per heavy atom. The first kappa shape index (κ1) is 8.91. The highest BCUT2D eigenvalue weighted by molar-refractivity contribution is 5.81. The summed E-state index contributed by atoms with van der Waals surface area (Å²) < 4.78 is 4.69. The van der Waals surface area contributed by atoms with Crippen molar-refractivity contribution in [1.29, 1.82) is 0 Å². The second-order valence-corrected chi connectivity index (χ2v) is 1.69. The summed E-state index contributed by atoms with van der Waals surface area (Å²) >= 11 is 0. The van der Waals surface area contributed by atoms with E-state index in [9.17, 15) is 4.79 Å². The summed E-state index contributed by atoms with van der Waals surface area (Å²) in [7, 11) is 1.50. The van der Waals surface area contributed by atoms with Gasteiger partial charge in [0, 0.05) is 13.2 Å². The third-order valence-electron chi connectivity index (χ3n) is 0.882. The molecule has 0 saturated carbocycles. The highest BCUT2D eigenvalue weighted by Crippen LogP contribution is 1.94. The van der Waals surface area contributed by atoms with Crippen molar-refractivity contribution in [2.75, 3.05) is 13.7 Å². The van der Waals surface area contributed by atoms with Crippen LogP contribution < -0.4 is 0 Å². The van der Waals surface area contributed by atoms with Gasteiger partial charge in [0.15, 0.2) is 0 Å². The van der Waals surface area contributed by atoms with E-state index >= 15 is 0 Å². The number of hydrogen-bond acceptors (Lipinski definition) is 2. The van der Waals surface area contributed by atoms with E-state index in [-0.39, 0.29) is 6.61 Å².